The number of carbonyl (C=O) groups is 3. The van der Waals surface area contributed by atoms with E-state index < -0.39 is 18.0 Å². The Kier molecular flexibility index (Phi) is 6.80. The lowest BCUT2D eigenvalue weighted by Gasteiger charge is -2.22. The summed E-state index contributed by atoms with van der Waals surface area (Å²) in [6.07, 6.45) is 1.96. The molecule has 7 nitrogen and oxygen atoms in total. The maximum atomic E-state index is 12.3. The number of urea groups is 1. The molecule has 1 aliphatic heterocycles. The summed E-state index contributed by atoms with van der Waals surface area (Å²) in [7, 11) is 0. The molecule has 0 unspecified atom stereocenters. The number of likely N-dealkylation sites (tertiary alicyclic amines) is 1. The van der Waals surface area contributed by atoms with E-state index in [1.54, 1.807) is 43.0 Å². The van der Waals surface area contributed by atoms with E-state index in [0.29, 0.717) is 18.8 Å². The average molecular weight is 347 g/mol. The first kappa shape index (κ1) is 18.8. The maximum Gasteiger partial charge on any atom is 0.329 e. The van der Waals surface area contributed by atoms with Crippen LogP contribution in [0.5, 0.6) is 0 Å². The van der Waals surface area contributed by atoms with E-state index in [9.17, 15) is 14.4 Å². The third-order valence-corrected chi connectivity index (χ3v) is 4.04. The van der Waals surface area contributed by atoms with Crippen molar-refractivity contribution in [1.29, 1.82) is 0 Å². The van der Waals surface area contributed by atoms with Gasteiger partial charge in [-0.2, -0.15) is 0 Å². The normalized spacial score (nSPS) is 14.9. The van der Waals surface area contributed by atoms with Crippen molar-refractivity contribution in [3.63, 3.8) is 0 Å². The molecular formula is C18H25N3O4. The fourth-order valence-electron chi connectivity index (χ4n) is 2.61. The average Bonchev–Trinajstić information content (AvgIpc) is 3.12. The zero-order chi connectivity index (χ0) is 18.2. The lowest BCUT2D eigenvalue weighted by atomic mass is 10.1. The van der Waals surface area contributed by atoms with Crippen molar-refractivity contribution in [1.82, 2.24) is 10.2 Å². The second kappa shape index (κ2) is 9.05. The van der Waals surface area contributed by atoms with Gasteiger partial charge in [0.1, 0.15) is 6.04 Å². The van der Waals surface area contributed by atoms with Crippen LogP contribution in [0, 0.1) is 5.92 Å². The molecule has 0 saturated carbocycles. The lowest BCUT2D eigenvalue weighted by Crippen LogP contribution is -2.47. The van der Waals surface area contributed by atoms with Crippen LogP contribution in [-0.4, -0.2) is 48.5 Å². The first-order chi connectivity index (χ1) is 12.0. The smallest absolute Gasteiger partial charge is 0.329 e. The van der Waals surface area contributed by atoms with Gasteiger partial charge in [-0.05, 0) is 30.9 Å². The monoisotopic (exact) mass is 347 g/mol. The molecule has 1 fully saturated rings. The second-order valence-electron chi connectivity index (χ2n) is 6.38. The van der Waals surface area contributed by atoms with Crippen molar-refractivity contribution in [3.8, 4) is 0 Å². The zero-order valence-corrected chi connectivity index (χ0v) is 14.7. The van der Waals surface area contributed by atoms with Crippen LogP contribution >= 0.6 is 0 Å². The van der Waals surface area contributed by atoms with Crippen molar-refractivity contribution in [3.05, 3.63) is 30.3 Å². The molecule has 1 heterocycles. The molecule has 0 bridgehead atoms. The Morgan fingerprint density at radius 1 is 1.12 bits per heavy atom. The van der Waals surface area contributed by atoms with E-state index in [4.69, 9.17) is 4.74 Å². The van der Waals surface area contributed by atoms with E-state index in [2.05, 4.69) is 10.6 Å². The van der Waals surface area contributed by atoms with Crippen LogP contribution < -0.4 is 10.6 Å². The van der Waals surface area contributed by atoms with Gasteiger partial charge in [0, 0.05) is 18.8 Å². The fraction of sp³-hybridized carbons (Fsp3) is 0.500. The molecule has 0 aliphatic carbocycles. The number of esters is 1. The standard InChI is InChI=1S/C18H25N3O4/c1-13(2)16(20-18(24)19-14-8-4-3-5-9-14)17(23)25-12-15(22)21-10-6-7-11-21/h3-5,8-9,13,16H,6-7,10-12H2,1-2H3,(H2,19,20,24)/t16-/m1/s1. The molecule has 0 spiro atoms. The Hall–Kier alpha value is -2.57. The van der Waals surface area contributed by atoms with Crippen LogP contribution in [0.1, 0.15) is 26.7 Å². The summed E-state index contributed by atoms with van der Waals surface area (Å²) in [6.45, 7) is 4.74. The van der Waals surface area contributed by atoms with Gasteiger partial charge in [-0.1, -0.05) is 32.0 Å². The number of amides is 3. The van der Waals surface area contributed by atoms with Gasteiger partial charge >= 0.3 is 12.0 Å². The zero-order valence-electron chi connectivity index (χ0n) is 14.7. The van der Waals surface area contributed by atoms with E-state index in [-0.39, 0.29) is 18.4 Å². The summed E-state index contributed by atoms with van der Waals surface area (Å²) in [5.41, 5.74) is 0.625. The number of hydrogen-bond donors (Lipinski definition) is 2. The number of para-hydroxylation sites is 1. The molecule has 2 N–H and O–H groups in total. The predicted molar refractivity (Wildman–Crippen MR) is 94.0 cm³/mol. The van der Waals surface area contributed by atoms with Gasteiger partial charge in [-0.3, -0.25) is 4.79 Å². The Balaban J connectivity index is 1.84. The lowest BCUT2D eigenvalue weighted by molar-refractivity contribution is -0.154. The first-order valence-corrected chi connectivity index (χ1v) is 8.54. The molecule has 0 aromatic heterocycles. The van der Waals surface area contributed by atoms with Crippen LogP contribution in [0.2, 0.25) is 0 Å². The third kappa shape index (κ3) is 5.77. The minimum Gasteiger partial charge on any atom is -0.454 e. The summed E-state index contributed by atoms with van der Waals surface area (Å²) in [5, 5.41) is 5.27. The molecule has 1 aromatic rings. The molecule has 3 amide bonds. The molecule has 1 atom stereocenters. The summed E-state index contributed by atoms with van der Waals surface area (Å²) in [4.78, 5) is 38.0. The molecule has 1 aliphatic rings. The minimum absolute atomic E-state index is 0.170. The van der Waals surface area contributed by atoms with Crippen LogP contribution in [0.3, 0.4) is 0 Å². The van der Waals surface area contributed by atoms with Gasteiger partial charge in [0.25, 0.3) is 5.91 Å². The molecular weight excluding hydrogens is 322 g/mol. The number of nitrogens with zero attached hydrogens (tertiary/aromatic N) is 1. The van der Waals surface area contributed by atoms with Crippen molar-refractivity contribution >= 4 is 23.6 Å². The van der Waals surface area contributed by atoms with Crippen LogP contribution in [0.15, 0.2) is 30.3 Å². The molecule has 1 aromatic carbocycles. The summed E-state index contributed by atoms with van der Waals surface area (Å²) in [5.74, 6) is -0.969. The Morgan fingerprint density at radius 2 is 1.76 bits per heavy atom. The van der Waals surface area contributed by atoms with Crippen molar-refractivity contribution in [2.24, 2.45) is 5.92 Å². The highest BCUT2D eigenvalue weighted by Crippen LogP contribution is 2.10. The fourth-order valence-corrected chi connectivity index (χ4v) is 2.61. The number of benzene rings is 1. The molecule has 0 radical (unpaired) electrons. The van der Waals surface area contributed by atoms with E-state index in [0.717, 1.165) is 12.8 Å². The quantitative estimate of drug-likeness (QED) is 0.771. The molecule has 7 heteroatoms. The number of nitrogens with one attached hydrogen (secondary N) is 2. The molecule has 1 saturated heterocycles. The highest BCUT2D eigenvalue weighted by Gasteiger charge is 2.27. The first-order valence-electron chi connectivity index (χ1n) is 8.54. The predicted octanol–water partition coefficient (Wildman–Crippen LogP) is 2.00. The number of rotatable bonds is 6. The summed E-state index contributed by atoms with van der Waals surface area (Å²) >= 11 is 0. The molecule has 2 rings (SSSR count). The van der Waals surface area contributed by atoms with E-state index >= 15 is 0 Å². The molecule has 136 valence electrons. The number of anilines is 1. The minimum atomic E-state index is -0.824. The Bertz CT molecular complexity index is 598. The third-order valence-electron chi connectivity index (χ3n) is 4.04. The molecule has 25 heavy (non-hydrogen) atoms. The summed E-state index contributed by atoms with van der Waals surface area (Å²) in [6, 6.07) is 7.62. The van der Waals surface area contributed by atoms with Crippen LogP contribution in [0.4, 0.5) is 10.5 Å². The highest BCUT2D eigenvalue weighted by atomic mass is 16.5. The van der Waals surface area contributed by atoms with Crippen molar-refractivity contribution in [2.75, 3.05) is 25.0 Å². The number of ether oxygens (including phenoxy) is 1. The van der Waals surface area contributed by atoms with Crippen molar-refractivity contribution in [2.45, 2.75) is 32.7 Å². The van der Waals surface area contributed by atoms with Gasteiger partial charge < -0.3 is 20.3 Å². The largest absolute Gasteiger partial charge is 0.454 e. The van der Waals surface area contributed by atoms with Gasteiger partial charge in [0.15, 0.2) is 6.61 Å². The van der Waals surface area contributed by atoms with Gasteiger partial charge in [-0.25, -0.2) is 9.59 Å². The van der Waals surface area contributed by atoms with E-state index in [1.807, 2.05) is 6.07 Å². The Labute approximate surface area is 147 Å². The highest BCUT2D eigenvalue weighted by molar-refractivity contribution is 5.93. The van der Waals surface area contributed by atoms with Gasteiger partial charge in [0.05, 0.1) is 0 Å². The Morgan fingerprint density at radius 3 is 2.36 bits per heavy atom. The number of carbonyl (C=O) groups excluding carboxylic acids is 3. The van der Waals surface area contributed by atoms with Crippen molar-refractivity contribution < 1.29 is 19.1 Å². The summed E-state index contributed by atoms with van der Waals surface area (Å²) < 4.78 is 5.12. The van der Waals surface area contributed by atoms with E-state index in [1.165, 1.54) is 0 Å². The second-order valence-corrected chi connectivity index (χ2v) is 6.38. The topological polar surface area (TPSA) is 87.7 Å². The van der Waals surface area contributed by atoms with Gasteiger partial charge in [0.2, 0.25) is 0 Å². The maximum absolute atomic E-state index is 12.3. The van der Waals surface area contributed by atoms with Crippen LogP contribution in [0.25, 0.3) is 0 Å². The number of hydrogen-bond acceptors (Lipinski definition) is 4. The van der Waals surface area contributed by atoms with Gasteiger partial charge in [-0.15, -0.1) is 0 Å². The van der Waals surface area contributed by atoms with Crippen LogP contribution in [-0.2, 0) is 14.3 Å². The SMILES string of the molecule is CC(C)[C@@H](NC(=O)Nc1ccccc1)C(=O)OCC(=O)N1CCCC1.